The highest BCUT2D eigenvalue weighted by Crippen LogP contribution is 2.21. The van der Waals surface area contributed by atoms with Gasteiger partial charge < -0.3 is 10.5 Å². The number of carbonyl (C=O) groups excluding carboxylic acids is 1. The Morgan fingerprint density at radius 2 is 2.09 bits per heavy atom. The number of aldehydes is 1. The van der Waals surface area contributed by atoms with Crippen molar-refractivity contribution >= 4 is 29.8 Å². The molecule has 0 amide bonds. The highest BCUT2D eigenvalue weighted by Gasteiger charge is 2.01. The molecule has 1 heterocycles. The van der Waals surface area contributed by atoms with Crippen LogP contribution >= 0.6 is 12.6 Å². The van der Waals surface area contributed by atoms with Gasteiger partial charge >= 0.3 is 0 Å². The molecule has 120 valence electrons. The molecule has 3 nitrogen and oxygen atoms in total. The lowest BCUT2D eigenvalue weighted by Crippen LogP contribution is -1.97. The lowest BCUT2D eigenvalue weighted by Gasteiger charge is -2.04. The van der Waals surface area contributed by atoms with Crippen LogP contribution in [0, 0.1) is 0 Å². The monoisotopic (exact) mass is 326 g/mol. The van der Waals surface area contributed by atoms with Gasteiger partial charge in [-0.25, -0.2) is 0 Å². The van der Waals surface area contributed by atoms with Crippen molar-refractivity contribution in [3.63, 3.8) is 0 Å². The summed E-state index contributed by atoms with van der Waals surface area (Å²) in [6.45, 7) is 7.68. The van der Waals surface area contributed by atoms with Crippen LogP contribution in [-0.2, 0) is 11.3 Å². The van der Waals surface area contributed by atoms with Crippen LogP contribution in [0.3, 0.4) is 0 Å². The first kappa shape index (κ1) is 18.9. The van der Waals surface area contributed by atoms with E-state index < -0.39 is 0 Å². The van der Waals surface area contributed by atoms with E-state index in [-0.39, 0.29) is 0 Å². The number of hydrogen-bond acceptors (Lipinski definition) is 4. The summed E-state index contributed by atoms with van der Waals surface area (Å²) >= 11 is 4.33. The Balaban J connectivity index is 0.000000241. The molecule has 0 atom stereocenters. The summed E-state index contributed by atoms with van der Waals surface area (Å²) < 4.78 is 0. The zero-order chi connectivity index (χ0) is 17.1. The zero-order valence-corrected chi connectivity index (χ0v) is 14.0. The molecular weight excluding hydrogens is 304 g/mol. The average molecular weight is 326 g/mol. The van der Waals surface area contributed by atoms with Crippen LogP contribution in [0.5, 0.6) is 0 Å². The van der Waals surface area contributed by atoms with Gasteiger partial charge in [0.1, 0.15) is 6.29 Å². The van der Waals surface area contributed by atoms with Crippen molar-refractivity contribution in [2.45, 2.75) is 24.3 Å². The molecule has 2 rings (SSSR count). The Kier molecular flexibility index (Phi) is 8.65. The Morgan fingerprint density at radius 3 is 2.70 bits per heavy atom. The number of benzene rings is 1. The van der Waals surface area contributed by atoms with E-state index in [1.807, 2.05) is 30.3 Å². The number of aromatic nitrogens is 1. The van der Waals surface area contributed by atoms with Gasteiger partial charge in [-0.15, -0.1) is 12.6 Å². The first-order chi connectivity index (χ1) is 11.2. The van der Waals surface area contributed by atoms with E-state index in [2.05, 4.69) is 30.8 Å². The minimum absolute atomic E-state index is 0.538. The molecule has 0 aliphatic carbocycles. The maximum atomic E-state index is 9.94. The predicted octanol–water partition coefficient (Wildman–Crippen LogP) is 4.25. The topological polar surface area (TPSA) is 56.0 Å². The molecule has 1 aromatic heterocycles. The molecular formula is C19H22N2OS. The van der Waals surface area contributed by atoms with E-state index in [0.717, 1.165) is 39.6 Å². The predicted molar refractivity (Wildman–Crippen MR) is 101 cm³/mol. The van der Waals surface area contributed by atoms with Crippen LogP contribution in [0.4, 0.5) is 0 Å². The number of hydrogen-bond donors (Lipinski definition) is 2. The van der Waals surface area contributed by atoms with Crippen molar-refractivity contribution in [2.75, 3.05) is 0 Å². The fourth-order valence-corrected chi connectivity index (χ4v) is 2.29. The van der Waals surface area contributed by atoms with Crippen molar-refractivity contribution in [3.8, 4) is 0 Å². The van der Waals surface area contributed by atoms with Gasteiger partial charge in [0.25, 0.3) is 0 Å². The van der Waals surface area contributed by atoms with E-state index in [0.29, 0.717) is 13.0 Å². The average Bonchev–Trinajstić information content (AvgIpc) is 2.59. The highest BCUT2D eigenvalue weighted by atomic mass is 32.1. The van der Waals surface area contributed by atoms with Gasteiger partial charge in [0.2, 0.25) is 0 Å². The quantitative estimate of drug-likeness (QED) is 0.474. The first-order valence-electron chi connectivity index (χ1n) is 7.31. The van der Waals surface area contributed by atoms with Crippen LogP contribution in [0.1, 0.15) is 18.4 Å². The van der Waals surface area contributed by atoms with Gasteiger partial charge in [0.05, 0.1) is 5.52 Å². The molecule has 0 unspecified atom stereocenters. The molecule has 0 saturated heterocycles. The third-order valence-corrected chi connectivity index (χ3v) is 3.57. The molecule has 0 fully saturated rings. The Bertz CT molecular complexity index is 708. The second-order valence-corrected chi connectivity index (χ2v) is 5.22. The number of carbonyl (C=O) groups is 1. The molecule has 1 aromatic carbocycles. The Hall–Kier alpha value is -2.17. The van der Waals surface area contributed by atoms with E-state index in [1.54, 1.807) is 18.3 Å². The minimum Gasteiger partial charge on any atom is -0.326 e. The largest absolute Gasteiger partial charge is 0.326 e. The summed E-state index contributed by atoms with van der Waals surface area (Å²) in [5.41, 5.74) is 8.71. The molecule has 23 heavy (non-hydrogen) atoms. The molecule has 4 heteroatoms. The lowest BCUT2D eigenvalue weighted by molar-refractivity contribution is -0.107. The molecule has 0 saturated carbocycles. The molecule has 2 aromatic rings. The fourth-order valence-electron chi connectivity index (χ4n) is 2.03. The van der Waals surface area contributed by atoms with Crippen molar-refractivity contribution in [1.29, 1.82) is 0 Å². The summed E-state index contributed by atoms with van der Waals surface area (Å²) in [5, 5.41) is 1.09. The summed E-state index contributed by atoms with van der Waals surface area (Å²) in [7, 11) is 0. The zero-order valence-electron chi connectivity index (χ0n) is 13.1. The van der Waals surface area contributed by atoms with Crippen molar-refractivity contribution < 1.29 is 4.79 Å². The number of rotatable bonds is 6. The number of thiol groups is 1. The number of nitrogens with two attached hydrogens (primary N) is 1. The number of pyridine rings is 1. The van der Waals surface area contributed by atoms with Gasteiger partial charge in [-0.05, 0) is 29.7 Å². The summed E-state index contributed by atoms with van der Waals surface area (Å²) in [4.78, 5) is 15.1. The molecule has 0 aliphatic heterocycles. The van der Waals surface area contributed by atoms with Crippen molar-refractivity contribution in [3.05, 3.63) is 73.0 Å². The van der Waals surface area contributed by atoms with Crippen LogP contribution in [0.25, 0.3) is 10.9 Å². The standard InChI is InChI=1S/C10H10N2S.C9H12O/c11-6-7-4-5-12-10-8(7)2-1-3-9(10)13;1-3-6-9(4-2)7-5-8-10/h1-5,13H,6,11H2;3-4,6,8H,1-2,5,7H2/b;9-6+. The van der Waals surface area contributed by atoms with E-state index >= 15 is 0 Å². The summed E-state index contributed by atoms with van der Waals surface area (Å²) in [5.74, 6) is 0. The van der Waals surface area contributed by atoms with Crippen LogP contribution in [-0.4, -0.2) is 11.3 Å². The maximum absolute atomic E-state index is 9.94. The fraction of sp³-hybridized carbons (Fsp3) is 0.158. The molecule has 0 bridgehead atoms. The Labute approximate surface area is 143 Å². The van der Waals surface area contributed by atoms with Crippen molar-refractivity contribution in [2.24, 2.45) is 5.73 Å². The third kappa shape index (κ3) is 5.85. The van der Waals surface area contributed by atoms with E-state index in [9.17, 15) is 4.79 Å². The van der Waals surface area contributed by atoms with E-state index in [1.165, 1.54) is 0 Å². The second-order valence-electron chi connectivity index (χ2n) is 4.73. The molecule has 0 spiro atoms. The van der Waals surface area contributed by atoms with Crippen LogP contribution in [0.15, 0.2) is 72.3 Å². The first-order valence-corrected chi connectivity index (χ1v) is 7.76. The van der Waals surface area contributed by atoms with E-state index in [4.69, 9.17) is 5.73 Å². The van der Waals surface area contributed by atoms with Crippen LogP contribution in [0.2, 0.25) is 0 Å². The van der Waals surface area contributed by atoms with Gasteiger partial charge in [0.15, 0.2) is 0 Å². The Morgan fingerprint density at radius 1 is 1.30 bits per heavy atom. The number of fused-ring (bicyclic) bond motifs is 1. The highest BCUT2D eigenvalue weighted by molar-refractivity contribution is 7.80. The number of allylic oxidation sites excluding steroid dienone is 4. The van der Waals surface area contributed by atoms with Gasteiger partial charge in [-0.2, -0.15) is 0 Å². The molecule has 0 aliphatic rings. The summed E-state index contributed by atoms with van der Waals surface area (Å²) in [6.07, 6.45) is 9.29. The SMILES string of the molecule is C=C/C=C(\C=C)CCC=O.NCc1ccnc2c(S)cccc12. The maximum Gasteiger partial charge on any atom is 0.120 e. The smallest absolute Gasteiger partial charge is 0.120 e. The lowest BCUT2D eigenvalue weighted by atomic mass is 10.1. The number of para-hydroxylation sites is 1. The van der Waals surface area contributed by atoms with Gasteiger partial charge in [-0.1, -0.05) is 43.5 Å². The molecule has 2 N–H and O–H groups in total. The third-order valence-electron chi connectivity index (χ3n) is 3.20. The number of nitrogens with zero attached hydrogens (tertiary/aromatic N) is 1. The van der Waals surface area contributed by atoms with Crippen molar-refractivity contribution in [1.82, 2.24) is 4.98 Å². The normalized spacial score (nSPS) is 10.6. The molecule has 0 radical (unpaired) electrons. The summed E-state index contributed by atoms with van der Waals surface area (Å²) in [6, 6.07) is 7.85. The minimum atomic E-state index is 0.538. The van der Waals surface area contributed by atoms with Gasteiger partial charge in [0, 0.05) is 29.4 Å². The van der Waals surface area contributed by atoms with Gasteiger partial charge in [-0.3, -0.25) is 4.98 Å². The second kappa shape index (κ2) is 10.5. The van der Waals surface area contributed by atoms with Crippen LogP contribution < -0.4 is 5.73 Å².